The average molecular weight is 529 g/mol. The largest absolute Gasteiger partial charge is 0.454 e. The van der Waals surface area contributed by atoms with E-state index in [1.54, 1.807) is 30.3 Å². The molecule has 3 aromatic rings. The number of hydrogen-bond donors (Lipinski definition) is 3. The summed E-state index contributed by atoms with van der Waals surface area (Å²) in [5.41, 5.74) is 2.02. The zero-order valence-electron chi connectivity index (χ0n) is 19.2. The lowest BCUT2D eigenvalue weighted by Crippen LogP contribution is -2.32. The molecule has 1 unspecified atom stereocenters. The Kier molecular flexibility index (Phi) is 6.65. The molecule has 5 rings (SSSR count). The number of nitrogens with zero attached hydrogens (tertiary/aromatic N) is 1. The minimum Gasteiger partial charge on any atom is -0.454 e. The summed E-state index contributed by atoms with van der Waals surface area (Å²) in [5.74, 6) is 0.319. The Morgan fingerprint density at radius 2 is 1.89 bits per heavy atom. The van der Waals surface area contributed by atoms with Crippen LogP contribution in [0.4, 0.5) is 5.13 Å². The van der Waals surface area contributed by atoms with Gasteiger partial charge in [0.25, 0.3) is 5.91 Å². The topological polar surface area (TPSA) is 150 Å². The summed E-state index contributed by atoms with van der Waals surface area (Å²) in [4.78, 5) is 31.3. The molecule has 2 heterocycles. The van der Waals surface area contributed by atoms with Crippen LogP contribution in [0.1, 0.15) is 45.3 Å². The minimum absolute atomic E-state index is 0.0509. The Balaban J connectivity index is 1.20. The maximum Gasteiger partial charge on any atom is 0.257 e. The first-order valence-electron chi connectivity index (χ1n) is 11.4. The lowest BCUT2D eigenvalue weighted by atomic mass is 9.90. The van der Waals surface area contributed by atoms with Gasteiger partial charge in [0.05, 0.1) is 16.5 Å². The van der Waals surface area contributed by atoms with Crippen LogP contribution in [0.3, 0.4) is 0 Å². The minimum atomic E-state index is -3.73. The number of anilines is 1. The number of fused-ring (bicyclic) bond motifs is 2. The van der Waals surface area contributed by atoms with Gasteiger partial charge in [-0.25, -0.2) is 18.5 Å². The van der Waals surface area contributed by atoms with Gasteiger partial charge in [-0.3, -0.25) is 14.9 Å². The average Bonchev–Trinajstić information content (AvgIpc) is 3.49. The number of nitrogens with one attached hydrogen (secondary N) is 2. The first-order chi connectivity index (χ1) is 17.3. The van der Waals surface area contributed by atoms with E-state index in [0.717, 1.165) is 23.3 Å². The maximum absolute atomic E-state index is 12.9. The molecule has 0 saturated heterocycles. The van der Waals surface area contributed by atoms with Crippen molar-refractivity contribution in [1.82, 2.24) is 10.3 Å². The SMILES string of the molecule is NS(=O)(=O)c1ccc(CCNC(=O)C2CCCc3sc(NC(=O)c4ccc5c(c4)OCO5)nc32)cc1. The molecule has 2 amide bonds. The predicted octanol–water partition coefficient (Wildman–Crippen LogP) is 2.55. The number of carbonyl (C=O) groups excluding carboxylic acids is 2. The molecule has 188 valence electrons. The van der Waals surface area contributed by atoms with Crippen molar-refractivity contribution < 1.29 is 27.5 Å². The van der Waals surface area contributed by atoms with Gasteiger partial charge in [-0.05, 0) is 61.6 Å². The highest BCUT2D eigenvalue weighted by atomic mass is 32.2. The molecular formula is C24H24N4O6S2. The summed E-state index contributed by atoms with van der Waals surface area (Å²) in [7, 11) is -3.73. The predicted molar refractivity (Wildman–Crippen MR) is 133 cm³/mol. The van der Waals surface area contributed by atoms with E-state index in [2.05, 4.69) is 15.6 Å². The van der Waals surface area contributed by atoms with Crippen LogP contribution in [0.25, 0.3) is 0 Å². The van der Waals surface area contributed by atoms with Crippen molar-refractivity contribution in [2.24, 2.45) is 5.14 Å². The fraction of sp³-hybridized carbons (Fsp3) is 0.292. The highest BCUT2D eigenvalue weighted by Gasteiger charge is 2.30. The fourth-order valence-electron chi connectivity index (χ4n) is 4.23. The van der Waals surface area contributed by atoms with Gasteiger partial charge in [0.2, 0.25) is 22.7 Å². The molecule has 1 aliphatic heterocycles. The first-order valence-corrected chi connectivity index (χ1v) is 13.7. The third-order valence-electron chi connectivity index (χ3n) is 6.09. The normalized spacial score (nSPS) is 16.3. The number of amides is 2. The number of ether oxygens (including phenoxy) is 2. The van der Waals surface area contributed by atoms with E-state index in [0.29, 0.717) is 47.3 Å². The maximum atomic E-state index is 12.9. The molecule has 2 aromatic carbocycles. The summed E-state index contributed by atoms with van der Waals surface area (Å²) in [6.45, 7) is 0.533. The summed E-state index contributed by atoms with van der Waals surface area (Å²) in [6.07, 6.45) is 2.90. The lowest BCUT2D eigenvalue weighted by Gasteiger charge is -2.20. The first kappa shape index (κ1) is 24.2. The Labute approximate surface area is 211 Å². The Morgan fingerprint density at radius 1 is 1.11 bits per heavy atom. The number of thiazole rings is 1. The number of carbonyl (C=O) groups is 2. The Bertz CT molecular complexity index is 1420. The fourth-order valence-corrected chi connectivity index (χ4v) is 5.81. The highest BCUT2D eigenvalue weighted by Crippen LogP contribution is 2.37. The molecular weight excluding hydrogens is 504 g/mol. The Hall–Kier alpha value is -3.48. The molecule has 0 fully saturated rings. The molecule has 10 nitrogen and oxygen atoms in total. The van der Waals surface area contributed by atoms with Crippen molar-refractivity contribution in [2.75, 3.05) is 18.7 Å². The van der Waals surface area contributed by atoms with E-state index in [1.165, 1.54) is 23.5 Å². The molecule has 0 bridgehead atoms. The number of aryl methyl sites for hydroxylation is 1. The van der Waals surface area contributed by atoms with E-state index < -0.39 is 10.0 Å². The summed E-state index contributed by atoms with van der Waals surface area (Å²) in [6, 6.07) is 11.3. The Morgan fingerprint density at radius 3 is 2.67 bits per heavy atom. The zero-order chi connectivity index (χ0) is 25.3. The molecule has 1 aliphatic carbocycles. The third kappa shape index (κ3) is 5.20. The number of rotatable bonds is 7. The van der Waals surface area contributed by atoms with E-state index in [1.807, 2.05) is 0 Å². The van der Waals surface area contributed by atoms with Crippen molar-refractivity contribution in [2.45, 2.75) is 36.5 Å². The standard InChI is InChI=1S/C24H24N4O6S2/c25-36(31,32)16-7-4-14(5-8-16)10-11-26-23(30)17-2-1-3-20-21(17)27-24(35-20)28-22(29)15-6-9-18-19(12-15)34-13-33-18/h4-9,12,17H,1-3,10-11,13H2,(H,26,30)(H2,25,31,32)(H,27,28,29). The van der Waals surface area contributed by atoms with Gasteiger partial charge >= 0.3 is 0 Å². The van der Waals surface area contributed by atoms with Gasteiger partial charge in [0, 0.05) is 17.0 Å². The van der Waals surface area contributed by atoms with Crippen LogP contribution >= 0.6 is 11.3 Å². The van der Waals surface area contributed by atoms with E-state index in [9.17, 15) is 18.0 Å². The smallest absolute Gasteiger partial charge is 0.257 e. The van der Waals surface area contributed by atoms with Crippen molar-refractivity contribution in [3.8, 4) is 11.5 Å². The van der Waals surface area contributed by atoms with Gasteiger partial charge < -0.3 is 14.8 Å². The van der Waals surface area contributed by atoms with Crippen LogP contribution in [0.5, 0.6) is 11.5 Å². The van der Waals surface area contributed by atoms with Crippen molar-refractivity contribution >= 4 is 38.3 Å². The summed E-state index contributed by atoms with van der Waals surface area (Å²) in [5, 5.41) is 11.4. The number of hydrogen-bond acceptors (Lipinski definition) is 8. The molecule has 1 aromatic heterocycles. The molecule has 0 saturated carbocycles. The second kappa shape index (κ2) is 9.88. The monoisotopic (exact) mass is 528 g/mol. The van der Waals surface area contributed by atoms with E-state index in [4.69, 9.17) is 14.6 Å². The van der Waals surface area contributed by atoms with Crippen LogP contribution < -0.4 is 25.2 Å². The number of primary sulfonamides is 1. The van der Waals surface area contributed by atoms with Crippen molar-refractivity contribution in [3.05, 3.63) is 64.2 Å². The molecule has 1 atom stereocenters. The summed E-state index contributed by atoms with van der Waals surface area (Å²) < 4.78 is 33.4. The van der Waals surface area contributed by atoms with E-state index >= 15 is 0 Å². The molecule has 36 heavy (non-hydrogen) atoms. The number of nitrogens with two attached hydrogens (primary N) is 1. The van der Waals surface area contributed by atoms with Crippen LogP contribution in [0, 0.1) is 0 Å². The number of aromatic nitrogens is 1. The quantitative estimate of drug-likeness (QED) is 0.426. The van der Waals surface area contributed by atoms with Crippen molar-refractivity contribution in [1.29, 1.82) is 0 Å². The number of sulfonamides is 1. The molecule has 2 aliphatic rings. The second-order valence-electron chi connectivity index (χ2n) is 8.52. The van der Waals surface area contributed by atoms with Crippen LogP contribution in [0.2, 0.25) is 0 Å². The highest BCUT2D eigenvalue weighted by molar-refractivity contribution is 7.89. The molecule has 4 N–H and O–H groups in total. The molecule has 0 spiro atoms. The van der Waals surface area contributed by atoms with E-state index in [-0.39, 0.29) is 29.4 Å². The third-order valence-corrected chi connectivity index (χ3v) is 8.07. The summed E-state index contributed by atoms with van der Waals surface area (Å²) >= 11 is 1.39. The number of benzene rings is 2. The molecule has 12 heteroatoms. The van der Waals surface area contributed by atoms with Gasteiger partial charge in [0.15, 0.2) is 16.6 Å². The van der Waals surface area contributed by atoms with Gasteiger partial charge in [0.1, 0.15) is 0 Å². The van der Waals surface area contributed by atoms with Crippen molar-refractivity contribution in [3.63, 3.8) is 0 Å². The van der Waals surface area contributed by atoms with Gasteiger partial charge in [-0.1, -0.05) is 12.1 Å². The van der Waals surface area contributed by atoms with Crippen LogP contribution in [0.15, 0.2) is 47.4 Å². The zero-order valence-corrected chi connectivity index (χ0v) is 20.8. The lowest BCUT2D eigenvalue weighted by molar-refractivity contribution is -0.122. The van der Waals surface area contributed by atoms with Gasteiger partial charge in [-0.2, -0.15) is 0 Å². The van der Waals surface area contributed by atoms with Gasteiger partial charge in [-0.15, -0.1) is 11.3 Å². The van der Waals surface area contributed by atoms with Crippen LogP contribution in [-0.4, -0.2) is 38.6 Å². The molecule has 0 radical (unpaired) electrons. The second-order valence-corrected chi connectivity index (χ2v) is 11.2. The van der Waals surface area contributed by atoms with Crippen LogP contribution in [-0.2, 0) is 27.7 Å².